The van der Waals surface area contributed by atoms with Gasteiger partial charge in [0.2, 0.25) is 0 Å². The number of aromatic nitrogens is 2. The van der Waals surface area contributed by atoms with Crippen LogP contribution in [0.3, 0.4) is 0 Å². The fraction of sp³-hybridized carbons (Fsp3) is 0.424. The number of aliphatic hydroxyl groups is 1. The van der Waals surface area contributed by atoms with Crippen molar-refractivity contribution in [2.45, 2.75) is 89.1 Å². The van der Waals surface area contributed by atoms with E-state index in [0.29, 0.717) is 34.3 Å². The third-order valence-electron chi connectivity index (χ3n) is 8.80. The van der Waals surface area contributed by atoms with Crippen LogP contribution in [0.15, 0.2) is 66.4 Å². The zero-order chi connectivity index (χ0) is 30.6. The molecule has 1 N–H and O–H groups in total. The second-order valence-corrected chi connectivity index (χ2v) is 18.3. The first-order valence-electron chi connectivity index (χ1n) is 14.3. The van der Waals surface area contributed by atoms with Crippen LogP contribution in [0.2, 0.25) is 23.2 Å². The lowest BCUT2D eigenvalue weighted by Crippen LogP contribution is -2.46. The molecule has 1 fully saturated rings. The number of aliphatic imine (C=N–C) groups is 1. The van der Waals surface area contributed by atoms with E-state index in [9.17, 15) is 9.50 Å². The van der Waals surface area contributed by atoms with Crippen molar-refractivity contribution in [2.24, 2.45) is 4.99 Å². The van der Waals surface area contributed by atoms with E-state index >= 15 is 0 Å². The lowest BCUT2D eigenvalue weighted by Gasteiger charge is -2.42. The van der Waals surface area contributed by atoms with Crippen molar-refractivity contribution in [1.82, 2.24) is 9.97 Å². The standard InChI is InChI=1S/C33H39ClFN3O3Si/c1-9-27(35)40-26-12-10-11-23(34)29(26)22-16-25(39)30-28(22)21-15-19(13-14-24(21)38-30)20-17-36-31(37-18-20)33(5,6)41-42(7,8)32(2,3)4/h9-15,17-18,22,25,27-28,39H,1,16H2,2-8H3/t22?,25-,27?,28?/m0/s1. The van der Waals surface area contributed by atoms with Crippen LogP contribution >= 0.6 is 11.6 Å². The number of aliphatic hydroxyl groups excluding tert-OH is 1. The molecule has 5 rings (SSSR count). The van der Waals surface area contributed by atoms with E-state index in [0.717, 1.165) is 28.5 Å². The Morgan fingerprint density at radius 1 is 1.10 bits per heavy atom. The van der Waals surface area contributed by atoms with Gasteiger partial charge in [-0.25, -0.2) is 9.97 Å². The average molecular weight is 608 g/mol. The third kappa shape index (κ3) is 5.57. The van der Waals surface area contributed by atoms with Gasteiger partial charge in [-0.3, -0.25) is 4.99 Å². The Hall–Kier alpha value is -2.91. The van der Waals surface area contributed by atoms with E-state index in [1.54, 1.807) is 18.2 Å². The van der Waals surface area contributed by atoms with Crippen LogP contribution in [-0.4, -0.2) is 41.6 Å². The van der Waals surface area contributed by atoms with E-state index in [-0.39, 0.29) is 16.9 Å². The first-order valence-corrected chi connectivity index (χ1v) is 17.6. The molecule has 0 bridgehead atoms. The Balaban J connectivity index is 1.46. The zero-order valence-electron chi connectivity index (χ0n) is 25.3. The zero-order valence-corrected chi connectivity index (χ0v) is 27.0. The molecule has 222 valence electrons. The Labute approximate surface area is 253 Å². The summed E-state index contributed by atoms with van der Waals surface area (Å²) in [5.41, 5.74) is 4.29. The van der Waals surface area contributed by atoms with Crippen LogP contribution in [0.5, 0.6) is 5.75 Å². The number of ether oxygens (including phenoxy) is 1. The minimum atomic E-state index is -2.04. The van der Waals surface area contributed by atoms with E-state index in [1.165, 1.54) is 0 Å². The van der Waals surface area contributed by atoms with Gasteiger partial charge in [0, 0.05) is 40.4 Å². The van der Waals surface area contributed by atoms with Gasteiger partial charge in [0.1, 0.15) is 11.4 Å². The van der Waals surface area contributed by atoms with Gasteiger partial charge in [-0.05, 0) is 79.9 Å². The van der Waals surface area contributed by atoms with Gasteiger partial charge in [-0.15, -0.1) is 0 Å². The molecule has 0 amide bonds. The summed E-state index contributed by atoms with van der Waals surface area (Å²) in [7, 11) is -2.04. The van der Waals surface area contributed by atoms with E-state index < -0.39 is 26.4 Å². The summed E-state index contributed by atoms with van der Waals surface area (Å²) < 4.78 is 26.4. The highest BCUT2D eigenvalue weighted by Crippen LogP contribution is 2.55. The summed E-state index contributed by atoms with van der Waals surface area (Å²) in [4.78, 5) is 14.2. The van der Waals surface area contributed by atoms with Crippen molar-refractivity contribution in [2.75, 3.05) is 0 Å². The van der Waals surface area contributed by atoms with Crippen LogP contribution < -0.4 is 4.74 Å². The van der Waals surface area contributed by atoms with Crippen molar-refractivity contribution < 1.29 is 18.7 Å². The van der Waals surface area contributed by atoms with Crippen molar-refractivity contribution in [3.8, 4) is 16.9 Å². The number of rotatable bonds is 8. The van der Waals surface area contributed by atoms with Gasteiger partial charge in [-0.1, -0.05) is 51.1 Å². The smallest absolute Gasteiger partial charge is 0.257 e. The van der Waals surface area contributed by atoms with Crippen molar-refractivity contribution in [3.05, 3.63) is 83.4 Å². The summed E-state index contributed by atoms with van der Waals surface area (Å²) in [6, 6.07) is 11.2. The minimum absolute atomic E-state index is 0.0668. The summed E-state index contributed by atoms with van der Waals surface area (Å²) in [6.07, 6.45) is 2.73. The number of hydrogen-bond acceptors (Lipinski definition) is 6. The topological polar surface area (TPSA) is 76.8 Å². The maximum atomic E-state index is 14.2. The maximum absolute atomic E-state index is 14.2. The van der Waals surface area contributed by atoms with E-state index in [1.807, 2.05) is 38.4 Å². The molecule has 4 atom stereocenters. The molecule has 0 saturated heterocycles. The molecular formula is C33H39ClFN3O3Si. The molecule has 2 heterocycles. The first kappa shape index (κ1) is 30.5. The molecule has 6 nitrogen and oxygen atoms in total. The molecule has 1 aliphatic heterocycles. The van der Waals surface area contributed by atoms with Gasteiger partial charge in [-0.2, -0.15) is 4.39 Å². The molecule has 2 aliphatic rings. The van der Waals surface area contributed by atoms with Gasteiger partial charge in [0.15, 0.2) is 14.1 Å². The average Bonchev–Trinajstić information content (AvgIpc) is 3.44. The van der Waals surface area contributed by atoms with Gasteiger partial charge >= 0.3 is 0 Å². The Morgan fingerprint density at radius 3 is 2.43 bits per heavy atom. The van der Waals surface area contributed by atoms with Crippen LogP contribution in [0.25, 0.3) is 11.1 Å². The predicted molar refractivity (Wildman–Crippen MR) is 169 cm³/mol. The number of hydrogen-bond donors (Lipinski definition) is 1. The predicted octanol–water partition coefficient (Wildman–Crippen LogP) is 8.63. The maximum Gasteiger partial charge on any atom is 0.257 e. The van der Waals surface area contributed by atoms with Crippen LogP contribution in [0, 0.1) is 0 Å². The molecule has 2 aromatic carbocycles. The highest BCUT2D eigenvalue weighted by Gasteiger charge is 2.47. The van der Waals surface area contributed by atoms with Gasteiger partial charge in [0.05, 0.1) is 17.5 Å². The van der Waals surface area contributed by atoms with Crippen molar-refractivity contribution in [3.63, 3.8) is 0 Å². The largest absolute Gasteiger partial charge is 0.456 e. The molecule has 1 aromatic heterocycles. The molecule has 3 aromatic rings. The first-order chi connectivity index (χ1) is 19.6. The second kappa shape index (κ2) is 11.0. The van der Waals surface area contributed by atoms with Crippen LogP contribution in [0.1, 0.15) is 69.8 Å². The molecule has 3 unspecified atom stereocenters. The summed E-state index contributed by atoms with van der Waals surface area (Å²) in [5, 5.41) is 11.5. The lowest BCUT2D eigenvalue weighted by atomic mass is 9.83. The van der Waals surface area contributed by atoms with Crippen molar-refractivity contribution >= 4 is 31.3 Å². The Kier molecular flexibility index (Phi) is 7.98. The highest BCUT2D eigenvalue weighted by atomic mass is 35.5. The summed E-state index contributed by atoms with van der Waals surface area (Å²) in [5.74, 6) is 0.502. The second-order valence-electron chi connectivity index (χ2n) is 13.2. The number of nitrogens with zero attached hydrogens (tertiary/aromatic N) is 3. The molecule has 42 heavy (non-hydrogen) atoms. The number of fused-ring (bicyclic) bond motifs is 3. The number of alkyl halides is 1. The molecule has 0 radical (unpaired) electrons. The minimum Gasteiger partial charge on any atom is -0.456 e. The van der Waals surface area contributed by atoms with Crippen LogP contribution in [-0.2, 0) is 10.0 Å². The lowest BCUT2D eigenvalue weighted by molar-refractivity contribution is 0.0806. The quantitative estimate of drug-likeness (QED) is 0.205. The summed E-state index contributed by atoms with van der Waals surface area (Å²) in [6.45, 7) is 18.6. The fourth-order valence-electron chi connectivity index (χ4n) is 5.71. The molecule has 1 aliphatic carbocycles. The van der Waals surface area contributed by atoms with Crippen molar-refractivity contribution in [1.29, 1.82) is 0 Å². The molecule has 1 saturated carbocycles. The molecule has 0 spiro atoms. The number of halogens is 2. The highest BCUT2D eigenvalue weighted by molar-refractivity contribution is 6.74. The normalized spacial score (nSPS) is 21.0. The third-order valence-corrected chi connectivity index (χ3v) is 13.8. The summed E-state index contributed by atoms with van der Waals surface area (Å²) >= 11 is 6.67. The SMILES string of the molecule is C=CC(F)Oc1cccc(Cl)c1C1C[C@H](O)C2=Nc3ccc(-c4cnc(C(C)(C)O[Si](C)(C)C(C)(C)C)nc4)cc3C21. The number of benzene rings is 2. The fourth-order valence-corrected chi connectivity index (χ4v) is 7.69. The molecular weight excluding hydrogens is 569 g/mol. The Bertz CT molecular complexity index is 1530. The van der Waals surface area contributed by atoms with Crippen LogP contribution in [0.4, 0.5) is 10.1 Å². The monoisotopic (exact) mass is 607 g/mol. The Morgan fingerprint density at radius 2 is 1.79 bits per heavy atom. The van der Waals surface area contributed by atoms with Gasteiger partial charge in [0.25, 0.3) is 6.36 Å². The van der Waals surface area contributed by atoms with E-state index in [4.69, 9.17) is 35.7 Å². The van der Waals surface area contributed by atoms with E-state index in [2.05, 4.69) is 46.5 Å². The molecule has 9 heteroatoms. The van der Waals surface area contributed by atoms with Gasteiger partial charge < -0.3 is 14.3 Å².